The van der Waals surface area contributed by atoms with Crippen LogP contribution < -0.4 is 0 Å². The summed E-state index contributed by atoms with van der Waals surface area (Å²) in [6, 6.07) is 4.36. The van der Waals surface area contributed by atoms with E-state index in [1.54, 1.807) is 19.9 Å². The Morgan fingerprint density at radius 3 is 2.29 bits per heavy atom. The molecule has 0 saturated carbocycles. The number of aromatic carboxylic acids is 1. The number of carboxylic acid groups (broad SMARTS) is 1. The van der Waals surface area contributed by atoms with Crippen molar-refractivity contribution in [1.29, 1.82) is 0 Å². The van der Waals surface area contributed by atoms with Crippen LogP contribution >= 0.6 is 0 Å². The van der Waals surface area contributed by atoms with Crippen molar-refractivity contribution in [3.63, 3.8) is 0 Å². The minimum atomic E-state index is -1.20. The predicted molar refractivity (Wildman–Crippen MR) is 74.3 cm³/mol. The molecule has 114 valence electrons. The molecule has 0 fully saturated rings. The Hall–Kier alpha value is -2.37. The van der Waals surface area contributed by atoms with Crippen LogP contribution in [0.2, 0.25) is 0 Å². The maximum absolute atomic E-state index is 11.8. The first-order chi connectivity index (χ1) is 9.99. The van der Waals surface area contributed by atoms with Crippen molar-refractivity contribution >= 4 is 17.9 Å². The van der Waals surface area contributed by atoms with Crippen molar-refractivity contribution in [2.45, 2.75) is 26.7 Å². The second-order valence-electron chi connectivity index (χ2n) is 4.21. The van der Waals surface area contributed by atoms with E-state index in [4.69, 9.17) is 14.6 Å². The number of benzene rings is 1. The molecule has 0 spiro atoms. The summed E-state index contributed by atoms with van der Waals surface area (Å²) in [6.45, 7) is 3.83. The Bertz CT molecular complexity index is 535. The molecule has 0 unspecified atom stereocenters. The van der Waals surface area contributed by atoms with Crippen LogP contribution in [-0.2, 0) is 20.7 Å². The molecule has 0 aliphatic carbocycles. The highest BCUT2D eigenvalue weighted by Gasteiger charge is 2.18. The number of hydrogen-bond acceptors (Lipinski definition) is 5. The van der Waals surface area contributed by atoms with E-state index in [0.29, 0.717) is 18.6 Å². The molecule has 0 aliphatic heterocycles. The third-order valence-corrected chi connectivity index (χ3v) is 2.73. The first-order valence-electron chi connectivity index (χ1n) is 6.68. The highest BCUT2D eigenvalue weighted by atomic mass is 16.5. The Balaban J connectivity index is 2.93. The largest absolute Gasteiger partial charge is 0.478 e. The van der Waals surface area contributed by atoms with Crippen LogP contribution in [-0.4, -0.2) is 36.2 Å². The fourth-order valence-corrected chi connectivity index (χ4v) is 1.79. The summed E-state index contributed by atoms with van der Waals surface area (Å²) < 4.78 is 9.66. The number of carbonyl (C=O) groups excluding carboxylic acids is 2. The van der Waals surface area contributed by atoms with Gasteiger partial charge in [-0.25, -0.2) is 9.59 Å². The average Bonchev–Trinajstić information content (AvgIpc) is 2.45. The van der Waals surface area contributed by atoms with Gasteiger partial charge in [0.25, 0.3) is 0 Å². The molecule has 1 aromatic rings. The van der Waals surface area contributed by atoms with Gasteiger partial charge < -0.3 is 14.6 Å². The van der Waals surface area contributed by atoms with Crippen molar-refractivity contribution in [1.82, 2.24) is 0 Å². The maximum atomic E-state index is 11.8. The lowest BCUT2D eigenvalue weighted by molar-refractivity contribution is -0.143. The summed E-state index contributed by atoms with van der Waals surface area (Å²) in [5.41, 5.74) is 0.551. The number of aryl methyl sites for hydroxylation is 1. The van der Waals surface area contributed by atoms with E-state index in [2.05, 4.69) is 0 Å². The molecule has 0 aromatic heterocycles. The van der Waals surface area contributed by atoms with Gasteiger partial charge >= 0.3 is 17.9 Å². The van der Waals surface area contributed by atoms with Crippen LogP contribution in [0.4, 0.5) is 0 Å². The lowest BCUT2D eigenvalue weighted by atomic mass is 10.0. The Labute approximate surface area is 122 Å². The molecule has 0 amide bonds. The van der Waals surface area contributed by atoms with E-state index in [1.165, 1.54) is 12.1 Å². The average molecular weight is 294 g/mol. The van der Waals surface area contributed by atoms with E-state index in [0.717, 1.165) is 0 Å². The Morgan fingerprint density at radius 1 is 1.05 bits per heavy atom. The van der Waals surface area contributed by atoms with E-state index in [1.807, 2.05) is 0 Å². The van der Waals surface area contributed by atoms with E-state index < -0.39 is 11.9 Å². The highest BCUT2D eigenvalue weighted by Crippen LogP contribution is 2.15. The fraction of sp³-hybridized carbons (Fsp3) is 0.400. The molecule has 0 bridgehead atoms. The molecule has 1 rings (SSSR count). The van der Waals surface area contributed by atoms with Gasteiger partial charge in [0.05, 0.1) is 24.3 Å². The summed E-state index contributed by atoms with van der Waals surface area (Å²) >= 11 is 0. The van der Waals surface area contributed by atoms with E-state index >= 15 is 0 Å². The van der Waals surface area contributed by atoms with Gasteiger partial charge in [-0.05, 0) is 38.0 Å². The molecule has 0 radical (unpaired) electrons. The molecular formula is C15H18O6. The van der Waals surface area contributed by atoms with Crippen molar-refractivity contribution in [3.8, 4) is 0 Å². The molecule has 0 aliphatic rings. The number of carbonyl (C=O) groups is 3. The third-order valence-electron chi connectivity index (χ3n) is 2.73. The Morgan fingerprint density at radius 2 is 1.71 bits per heavy atom. The normalized spacial score (nSPS) is 10.0. The van der Waals surface area contributed by atoms with Crippen molar-refractivity contribution in [3.05, 3.63) is 34.9 Å². The van der Waals surface area contributed by atoms with Crippen LogP contribution in [0.25, 0.3) is 0 Å². The smallest absolute Gasteiger partial charge is 0.339 e. The SMILES string of the molecule is CCOC(=O)CCc1ccc(C(=O)O)c(C(=O)OCC)c1. The van der Waals surface area contributed by atoms with Crippen LogP contribution in [0.3, 0.4) is 0 Å². The van der Waals surface area contributed by atoms with Crippen LogP contribution in [0.15, 0.2) is 18.2 Å². The van der Waals surface area contributed by atoms with Gasteiger partial charge in [0.1, 0.15) is 0 Å². The zero-order valence-electron chi connectivity index (χ0n) is 12.0. The van der Waals surface area contributed by atoms with Crippen LogP contribution in [0, 0.1) is 0 Å². The van der Waals surface area contributed by atoms with Crippen molar-refractivity contribution in [2.24, 2.45) is 0 Å². The maximum Gasteiger partial charge on any atom is 0.339 e. The molecule has 0 heterocycles. The van der Waals surface area contributed by atoms with Gasteiger partial charge in [-0.3, -0.25) is 4.79 Å². The quantitative estimate of drug-likeness (QED) is 0.774. The molecule has 6 heteroatoms. The fourth-order valence-electron chi connectivity index (χ4n) is 1.79. The van der Waals surface area contributed by atoms with Crippen LogP contribution in [0.5, 0.6) is 0 Å². The second kappa shape index (κ2) is 8.04. The summed E-state index contributed by atoms with van der Waals surface area (Å²) in [7, 11) is 0. The van der Waals surface area contributed by atoms with Crippen LogP contribution in [0.1, 0.15) is 46.5 Å². The minimum absolute atomic E-state index is 0.00860. The highest BCUT2D eigenvalue weighted by molar-refractivity contribution is 6.02. The van der Waals surface area contributed by atoms with Gasteiger partial charge in [0, 0.05) is 6.42 Å². The molecular weight excluding hydrogens is 276 g/mol. The first kappa shape index (κ1) is 16.7. The second-order valence-corrected chi connectivity index (χ2v) is 4.21. The summed E-state index contributed by atoms with van der Waals surface area (Å²) in [5.74, 6) is -2.22. The number of esters is 2. The number of ether oxygens (including phenoxy) is 2. The minimum Gasteiger partial charge on any atom is -0.478 e. The van der Waals surface area contributed by atoms with Crippen molar-refractivity contribution in [2.75, 3.05) is 13.2 Å². The third kappa shape index (κ3) is 4.91. The standard InChI is InChI=1S/C15H18O6/c1-3-20-13(16)8-6-10-5-7-11(14(17)18)12(9-10)15(19)21-4-2/h5,7,9H,3-4,6,8H2,1-2H3,(H,17,18). The summed E-state index contributed by atoms with van der Waals surface area (Å²) in [4.78, 5) is 34.2. The van der Waals surface area contributed by atoms with E-state index in [9.17, 15) is 14.4 Å². The molecule has 6 nitrogen and oxygen atoms in total. The first-order valence-corrected chi connectivity index (χ1v) is 6.68. The van der Waals surface area contributed by atoms with Gasteiger partial charge in [-0.2, -0.15) is 0 Å². The molecule has 1 aromatic carbocycles. The Kier molecular flexibility index (Phi) is 6.39. The number of rotatable bonds is 7. The molecule has 21 heavy (non-hydrogen) atoms. The molecule has 1 N–H and O–H groups in total. The van der Waals surface area contributed by atoms with Gasteiger partial charge in [0.2, 0.25) is 0 Å². The topological polar surface area (TPSA) is 89.9 Å². The van der Waals surface area contributed by atoms with Crippen molar-refractivity contribution < 1.29 is 29.0 Å². The number of carboxylic acids is 1. The zero-order chi connectivity index (χ0) is 15.8. The van der Waals surface area contributed by atoms with Gasteiger partial charge in [-0.15, -0.1) is 0 Å². The summed E-state index contributed by atoms with van der Waals surface area (Å²) in [5, 5.41) is 9.08. The zero-order valence-corrected chi connectivity index (χ0v) is 12.0. The predicted octanol–water partition coefficient (Wildman–Crippen LogP) is 2.06. The lowest BCUT2D eigenvalue weighted by Crippen LogP contribution is -2.12. The summed E-state index contributed by atoms with van der Waals surface area (Å²) in [6.07, 6.45) is 0.535. The molecule has 0 atom stereocenters. The number of hydrogen-bond donors (Lipinski definition) is 1. The van der Waals surface area contributed by atoms with Gasteiger partial charge in [-0.1, -0.05) is 6.07 Å². The lowest BCUT2D eigenvalue weighted by Gasteiger charge is -2.08. The monoisotopic (exact) mass is 294 g/mol. The molecule has 0 saturated heterocycles. The van der Waals surface area contributed by atoms with Gasteiger partial charge in [0.15, 0.2) is 0 Å². The van der Waals surface area contributed by atoms with E-state index in [-0.39, 0.29) is 30.1 Å².